The number of benzene rings is 2. The largest absolute Gasteiger partial charge is 0.397 e. The van der Waals surface area contributed by atoms with Crippen LogP contribution in [0, 0.1) is 0 Å². The summed E-state index contributed by atoms with van der Waals surface area (Å²) in [5, 5.41) is 5.52. The van der Waals surface area contributed by atoms with Gasteiger partial charge in [-0.15, -0.1) is 0 Å². The Labute approximate surface area is 128 Å². The van der Waals surface area contributed by atoms with Crippen LogP contribution in [0.5, 0.6) is 0 Å². The van der Waals surface area contributed by atoms with Gasteiger partial charge in [0.15, 0.2) is 0 Å². The smallest absolute Gasteiger partial charge is 0.0716 e. The van der Waals surface area contributed by atoms with E-state index < -0.39 is 0 Å². The van der Waals surface area contributed by atoms with Crippen LogP contribution in [0.1, 0.15) is 5.56 Å². The van der Waals surface area contributed by atoms with Gasteiger partial charge >= 0.3 is 0 Å². The highest BCUT2D eigenvalue weighted by Crippen LogP contribution is 2.24. The van der Waals surface area contributed by atoms with Gasteiger partial charge in [-0.25, -0.2) is 0 Å². The Morgan fingerprint density at radius 3 is 1.95 bits per heavy atom. The van der Waals surface area contributed by atoms with Gasteiger partial charge in [0.1, 0.15) is 0 Å². The molecule has 0 aliphatic heterocycles. The van der Waals surface area contributed by atoms with Crippen molar-refractivity contribution < 1.29 is 0 Å². The van der Waals surface area contributed by atoms with Crippen LogP contribution < -0.4 is 22.1 Å². The van der Waals surface area contributed by atoms with Gasteiger partial charge in [0.25, 0.3) is 0 Å². The third kappa shape index (κ3) is 3.46. The molecule has 5 heteroatoms. The molecule has 0 radical (unpaired) electrons. The second-order valence-corrected chi connectivity index (χ2v) is 5.10. The number of hydrogen-bond acceptors (Lipinski definition) is 5. The standard InChI is InChI=1S/C16H18N4S/c1-2-15(20-18)16(17)13-5-3-11(4-6-13)12-7-9-14(21-19)10-8-12/h2-10,20H,1,17-19H2/b16-15-. The van der Waals surface area contributed by atoms with Crippen LogP contribution in [0.25, 0.3) is 16.8 Å². The SMILES string of the molecule is C=C/C(NN)=C(/N)c1ccc(-c2ccc(SN)cc2)cc1. The van der Waals surface area contributed by atoms with Gasteiger partial charge < -0.3 is 11.2 Å². The molecule has 0 aliphatic rings. The van der Waals surface area contributed by atoms with Gasteiger partial charge in [0.05, 0.1) is 11.4 Å². The van der Waals surface area contributed by atoms with Gasteiger partial charge in [-0.1, -0.05) is 43.0 Å². The first-order chi connectivity index (χ1) is 10.2. The monoisotopic (exact) mass is 298 g/mol. The molecule has 108 valence electrons. The first kappa shape index (κ1) is 15.2. The summed E-state index contributed by atoms with van der Waals surface area (Å²) in [5.74, 6) is 5.40. The van der Waals surface area contributed by atoms with Crippen molar-refractivity contribution in [3.05, 3.63) is 72.4 Å². The molecule has 21 heavy (non-hydrogen) atoms. The van der Waals surface area contributed by atoms with Crippen LogP contribution in [0.3, 0.4) is 0 Å². The molecule has 0 saturated carbocycles. The number of nitrogens with two attached hydrogens (primary N) is 3. The third-order valence-electron chi connectivity index (χ3n) is 3.17. The fourth-order valence-electron chi connectivity index (χ4n) is 1.97. The zero-order valence-electron chi connectivity index (χ0n) is 11.5. The lowest BCUT2D eigenvalue weighted by Crippen LogP contribution is -2.23. The van der Waals surface area contributed by atoms with Crippen LogP contribution in [0.2, 0.25) is 0 Å². The highest BCUT2D eigenvalue weighted by molar-refractivity contribution is 7.97. The van der Waals surface area contributed by atoms with Gasteiger partial charge in [-0.05, 0) is 46.8 Å². The van der Waals surface area contributed by atoms with Crippen LogP contribution in [-0.4, -0.2) is 0 Å². The van der Waals surface area contributed by atoms with Crippen LogP contribution in [0.4, 0.5) is 0 Å². The maximum Gasteiger partial charge on any atom is 0.0716 e. The maximum atomic E-state index is 6.04. The third-order valence-corrected chi connectivity index (χ3v) is 3.71. The highest BCUT2D eigenvalue weighted by atomic mass is 32.2. The van der Waals surface area contributed by atoms with E-state index >= 15 is 0 Å². The van der Waals surface area contributed by atoms with E-state index in [1.54, 1.807) is 6.08 Å². The molecule has 2 rings (SSSR count). The zero-order valence-corrected chi connectivity index (χ0v) is 12.4. The van der Waals surface area contributed by atoms with E-state index in [1.807, 2.05) is 48.5 Å². The fourth-order valence-corrected chi connectivity index (χ4v) is 2.26. The van der Waals surface area contributed by atoms with Crippen molar-refractivity contribution in [2.24, 2.45) is 16.7 Å². The highest BCUT2D eigenvalue weighted by Gasteiger charge is 2.03. The zero-order chi connectivity index (χ0) is 15.2. The summed E-state index contributed by atoms with van der Waals surface area (Å²) in [4.78, 5) is 1.03. The predicted octanol–water partition coefficient (Wildman–Crippen LogP) is 2.60. The Kier molecular flexibility index (Phi) is 5.05. The minimum absolute atomic E-state index is 0.564. The molecule has 0 atom stereocenters. The molecule has 2 aromatic carbocycles. The molecule has 0 bridgehead atoms. The minimum Gasteiger partial charge on any atom is -0.397 e. The second-order valence-electron chi connectivity index (χ2n) is 4.40. The summed E-state index contributed by atoms with van der Waals surface area (Å²) in [7, 11) is 0. The Bertz CT molecular complexity index is 645. The molecule has 0 spiro atoms. The van der Waals surface area contributed by atoms with E-state index in [-0.39, 0.29) is 0 Å². The van der Waals surface area contributed by atoms with Crippen molar-refractivity contribution in [3.8, 4) is 11.1 Å². The summed E-state index contributed by atoms with van der Waals surface area (Å²) in [6, 6.07) is 16.0. The van der Waals surface area contributed by atoms with Crippen molar-refractivity contribution in [3.63, 3.8) is 0 Å². The lowest BCUT2D eigenvalue weighted by molar-refractivity contribution is 0.917. The number of hydrogen-bond donors (Lipinski definition) is 4. The quantitative estimate of drug-likeness (QED) is 0.295. The van der Waals surface area contributed by atoms with Crippen molar-refractivity contribution in [1.29, 1.82) is 0 Å². The summed E-state index contributed by atoms with van der Waals surface area (Å²) < 4.78 is 0. The molecule has 0 unspecified atom stereocenters. The number of rotatable bonds is 5. The lowest BCUT2D eigenvalue weighted by atomic mass is 10.0. The molecule has 0 saturated heterocycles. The van der Waals surface area contributed by atoms with E-state index in [0.29, 0.717) is 11.4 Å². The molecular formula is C16H18N4S. The Morgan fingerprint density at radius 1 is 1.00 bits per heavy atom. The molecular weight excluding hydrogens is 280 g/mol. The lowest BCUT2D eigenvalue weighted by Gasteiger charge is -2.09. The van der Waals surface area contributed by atoms with Crippen LogP contribution in [0.15, 0.2) is 71.8 Å². The van der Waals surface area contributed by atoms with Crippen molar-refractivity contribution in [2.45, 2.75) is 4.90 Å². The Hall–Kier alpha value is -2.21. The molecule has 0 amide bonds. The molecule has 0 fully saturated rings. The van der Waals surface area contributed by atoms with Crippen molar-refractivity contribution in [1.82, 2.24) is 5.43 Å². The first-order valence-corrected chi connectivity index (χ1v) is 7.24. The second kappa shape index (κ2) is 6.99. The van der Waals surface area contributed by atoms with Gasteiger partial charge in [-0.3, -0.25) is 11.0 Å². The molecule has 0 aliphatic carbocycles. The average Bonchev–Trinajstić information content (AvgIpc) is 2.56. The van der Waals surface area contributed by atoms with E-state index in [4.69, 9.17) is 16.7 Å². The van der Waals surface area contributed by atoms with Crippen molar-refractivity contribution >= 4 is 17.6 Å². The molecule has 4 nitrogen and oxygen atoms in total. The summed E-state index contributed by atoms with van der Waals surface area (Å²) >= 11 is 1.24. The number of nitrogens with one attached hydrogen (secondary N) is 1. The van der Waals surface area contributed by atoms with Gasteiger partial charge in [-0.2, -0.15) is 0 Å². The Morgan fingerprint density at radius 2 is 1.52 bits per heavy atom. The summed E-state index contributed by atoms with van der Waals surface area (Å²) in [6.45, 7) is 3.67. The normalized spacial score (nSPS) is 11.7. The first-order valence-electron chi connectivity index (χ1n) is 6.36. The average molecular weight is 298 g/mol. The van der Waals surface area contributed by atoms with Gasteiger partial charge in [0.2, 0.25) is 0 Å². The maximum absolute atomic E-state index is 6.04. The molecule has 0 aromatic heterocycles. The van der Waals surface area contributed by atoms with E-state index in [1.165, 1.54) is 11.9 Å². The number of hydrazine groups is 1. The van der Waals surface area contributed by atoms with Gasteiger partial charge in [0, 0.05) is 4.90 Å². The minimum atomic E-state index is 0.564. The molecule has 0 heterocycles. The molecule has 7 N–H and O–H groups in total. The fraction of sp³-hybridized carbons (Fsp3) is 0. The summed E-state index contributed by atoms with van der Waals surface area (Å²) in [5.41, 5.74) is 12.9. The number of allylic oxidation sites excluding steroid dienone is 1. The van der Waals surface area contributed by atoms with Crippen LogP contribution >= 0.6 is 11.9 Å². The van der Waals surface area contributed by atoms with E-state index in [9.17, 15) is 0 Å². The molecule has 2 aromatic rings. The van der Waals surface area contributed by atoms with E-state index in [2.05, 4.69) is 12.0 Å². The van der Waals surface area contributed by atoms with Crippen molar-refractivity contribution in [2.75, 3.05) is 0 Å². The Balaban J connectivity index is 2.30. The topological polar surface area (TPSA) is 90.1 Å². The van der Waals surface area contributed by atoms with Crippen LogP contribution in [-0.2, 0) is 0 Å². The van der Waals surface area contributed by atoms with E-state index in [0.717, 1.165) is 21.6 Å². The summed E-state index contributed by atoms with van der Waals surface area (Å²) in [6.07, 6.45) is 1.59. The predicted molar refractivity (Wildman–Crippen MR) is 90.5 cm³/mol.